The zero-order chi connectivity index (χ0) is 29.0. The summed E-state index contributed by atoms with van der Waals surface area (Å²) in [7, 11) is -3.55. The minimum absolute atomic E-state index is 0.0169. The number of carbonyl (C=O) groups is 2. The number of alkyl halides is 6. The molecule has 2 aromatic rings. The van der Waals surface area contributed by atoms with Crippen LogP contribution in [0.5, 0.6) is 0 Å². The Morgan fingerprint density at radius 3 is 2.10 bits per heavy atom. The Bertz CT molecular complexity index is 1370. The second kappa shape index (κ2) is 9.81. The van der Waals surface area contributed by atoms with E-state index in [0.717, 1.165) is 25.0 Å². The van der Waals surface area contributed by atoms with Crippen molar-refractivity contribution in [3.8, 4) is 0 Å². The highest BCUT2D eigenvalue weighted by molar-refractivity contribution is 7.91. The standard InChI is InChI=1S/C25H24F6N2O5S/c1-14(34)33-11-10-16-12-19(39(37,38)13-15-2-3-15)8-9-20(16)21(33)22(35)32-18-6-4-17(5-7-18)23(36,24(26,27)28)25(29,30)31/h4-9,12,15,21,36H,2-3,10-11,13H2,1H3,(H,32,35). The molecule has 1 saturated carbocycles. The van der Waals surface area contributed by atoms with Crippen molar-refractivity contribution in [2.45, 2.75) is 55.1 Å². The van der Waals surface area contributed by atoms with Gasteiger partial charge in [0.25, 0.3) is 11.5 Å². The number of rotatable bonds is 6. The number of carbonyl (C=O) groups excluding carboxylic acids is 2. The average molecular weight is 579 g/mol. The molecule has 1 unspecified atom stereocenters. The first-order valence-electron chi connectivity index (χ1n) is 11.9. The fourth-order valence-corrected chi connectivity index (χ4v) is 6.35. The molecule has 2 aromatic carbocycles. The van der Waals surface area contributed by atoms with Gasteiger partial charge in [0.15, 0.2) is 9.84 Å². The van der Waals surface area contributed by atoms with E-state index in [1.807, 2.05) is 0 Å². The van der Waals surface area contributed by atoms with Gasteiger partial charge in [-0.3, -0.25) is 9.59 Å². The first-order chi connectivity index (χ1) is 18.0. The summed E-state index contributed by atoms with van der Waals surface area (Å²) in [5, 5.41) is 11.9. The van der Waals surface area contributed by atoms with Crippen molar-refractivity contribution in [2.24, 2.45) is 5.92 Å². The maximum absolute atomic E-state index is 13.2. The summed E-state index contributed by atoms with van der Waals surface area (Å²) >= 11 is 0. The lowest BCUT2D eigenvalue weighted by molar-refractivity contribution is -0.376. The lowest BCUT2D eigenvalue weighted by atomic mass is 9.91. The maximum atomic E-state index is 13.2. The van der Waals surface area contributed by atoms with Crippen molar-refractivity contribution in [3.05, 3.63) is 59.2 Å². The molecule has 212 valence electrons. The van der Waals surface area contributed by atoms with Gasteiger partial charge >= 0.3 is 12.4 Å². The minimum atomic E-state index is -6.06. The summed E-state index contributed by atoms with van der Waals surface area (Å²) in [5.74, 6) is -1.15. The number of hydrogen-bond acceptors (Lipinski definition) is 5. The van der Waals surface area contributed by atoms with Crippen molar-refractivity contribution in [1.29, 1.82) is 0 Å². The van der Waals surface area contributed by atoms with Gasteiger partial charge in [-0.05, 0) is 60.6 Å². The molecule has 1 aliphatic carbocycles. The predicted molar refractivity (Wildman–Crippen MR) is 126 cm³/mol. The van der Waals surface area contributed by atoms with Crippen molar-refractivity contribution < 1.29 is 49.5 Å². The van der Waals surface area contributed by atoms with E-state index in [9.17, 15) is 49.5 Å². The second-order valence-electron chi connectivity index (χ2n) is 9.72. The highest BCUT2D eigenvalue weighted by atomic mass is 32.2. The lowest BCUT2D eigenvalue weighted by Gasteiger charge is -2.36. The highest BCUT2D eigenvalue weighted by Crippen LogP contribution is 2.50. The number of hydrogen-bond donors (Lipinski definition) is 2. The summed E-state index contributed by atoms with van der Waals surface area (Å²) in [4.78, 5) is 26.9. The smallest absolute Gasteiger partial charge is 0.369 e. The molecule has 1 aliphatic heterocycles. The lowest BCUT2D eigenvalue weighted by Crippen LogP contribution is -2.53. The first-order valence-corrected chi connectivity index (χ1v) is 13.5. The number of nitrogens with one attached hydrogen (secondary N) is 1. The second-order valence-corrected chi connectivity index (χ2v) is 11.8. The maximum Gasteiger partial charge on any atom is 0.430 e. The first kappa shape index (κ1) is 28.9. The molecule has 1 heterocycles. The molecule has 14 heteroatoms. The third-order valence-electron chi connectivity index (χ3n) is 6.90. The molecule has 1 fully saturated rings. The van der Waals surface area contributed by atoms with Crippen LogP contribution in [-0.2, 0) is 31.4 Å². The number of benzene rings is 2. The van der Waals surface area contributed by atoms with E-state index in [4.69, 9.17) is 0 Å². The number of amides is 2. The Hall–Kier alpha value is -3.13. The molecule has 0 bridgehead atoms. The molecule has 0 aromatic heterocycles. The molecule has 2 amide bonds. The Balaban J connectivity index is 1.62. The van der Waals surface area contributed by atoms with E-state index in [0.29, 0.717) is 23.3 Å². The molecular weight excluding hydrogens is 554 g/mol. The van der Waals surface area contributed by atoms with Gasteiger partial charge in [-0.15, -0.1) is 0 Å². The normalized spacial score (nSPS) is 18.5. The van der Waals surface area contributed by atoms with E-state index in [2.05, 4.69) is 5.32 Å². The molecular formula is C25H24F6N2O5S. The number of anilines is 1. The van der Waals surface area contributed by atoms with Crippen LogP contribution in [0.3, 0.4) is 0 Å². The molecule has 0 radical (unpaired) electrons. The van der Waals surface area contributed by atoms with Gasteiger partial charge in [0.05, 0.1) is 10.6 Å². The molecule has 2 N–H and O–H groups in total. The van der Waals surface area contributed by atoms with Gasteiger partial charge in [0.1, 0.15) is 6.04 Å². The van der Waals surface area contributed by atoms with Crippen LogP contribution in [0, 0.1) is 5.92 Å². The quantitative estimate of drug-likeness (QED) is 0.499. The summed E-state index contributed by atoms with van der Waals surface area (Å²) in [5.41, 5.74) is -5.92. The third kappa shape index (κ3) is 5.49. The van der Waals surface area contributed by atoms with E-state index < -0.39 is 51.2 Å². The minimum Gasteiger partial charge on any atom is -0.369 e. The van der Waals surface area contributed by atoms with E-state index in [-0.39, 0.29) is 35.2 Å². The van der Waals surface area contributed by atoms with Crippen LogP contribution in [0.2, 0.25) is 0 Å². The van der Waals surface area contributed by atoms with Crippen LogP contribution in [0.1, 0.15) is 42.5 Å². The Kier molecular flexibility index (Phi) is 7.26. The molecule has 2 aliphatic rings. The van der Waals surface area contributed by atoms with Gasteiger partial charge in [-0.25, -0.2) is 8.42 Å². The Morgan fingerprint density at radius 1 is 1.00 bits per heavy atom. The van der Waals surface area contributed by atoms with Gasteiger partial charge in [0.2, 0.25) is 5.91 Å². The van der Waals surface area contributed by atoms with Crippen molar-refractivity contribution in [2.75, 3.05) is 17.6 Å². The molecule has 0 saturated heterocycles. The summed E-state index contributed by atoms with van der Waals surface area (Å²) in [6.45, 7) is 1.30. The molecule has 7 nitrogen and oxygen atoms in total. The summed E-state index contributed by atoms with van der Waals surface area (Å²) < 4.78 is 104. The average Bonchev–Trinajstić information content (AvgIpc) is 3.64. The van der Waals surface area contributed by atoms with Crippen LogP contribution in [-0.4, -0.2) is 54.9 Å². The predicted octanol–water partition coefficient (Wildman–Crippen LogP) is 4.27. The van der Waals surface area contributed by atoms with Crippen LogP contribution >= 0.6 is 0 Å². The van der Waals surface area contributed by atoms with Gasteiger partial charge in [0, 0.05) is 24.7 Å². The number of halogens is 6. The van der Waals surface area contributed by atoms with E-state index >= 15 is 0 Å². The van der Waals surface area contributed by atoms with E-state index in [1.54, 1.807) is 0 Å². The Labute approximate surface area is 219 Å². The zero-order valence-corrected chi connectivity index (χ0v) is 21.3. The number of aliphatic hydroxyl groups is 1. The Morgan fingerprint density at radius 2 is 1.59 bits per heavy atom. The monoisotopic (exact) mass is 578 g/mol. The topological polar surface area (TPSA) is 104 Å². The SMILES string of the molecule is CC(=O)N1CCc2cc(S(=O)(=O)CC3CC3)ccc2C1C(=O)Nc1ccc(C(O)(C(F)(F)F)C(F)(F)F)cc1. The van der Waals surface area contributed by atoms with Crippen LogP contribution in [0.15, 0.2) is 47.4 Å². The van der Waals surface area contributed by atoms with E-state index in [1.165, 1.54) is 30.0 Å². The molecule has 1 atom stereocenters. The van der Waals surface area contributed by atoms with Gasteiger partial charge < -0.3 is 15.3 Å². The zero-order valence-electron chi connectivity index (χ0n) is 20.4. The summed E-state index contributed by atoms with van der Waals surface area (Å²) in [6.07, 6.45) is -10.2. The number of nitrogens with zero attached hydrogens (tertiary/aromatic N) is 1. The molecule has 39 heavy (non-hydrogen) atoms. The van der Waals surface area contributed by atoms with Crippen LogP contribution < -0.4 is 5.32 Å². The van der Waals surface area contributed by atoms with Gasteiger partial charge in [-0.2, -0.15) is 26.3 Å². The van der Waals surface area contributed by atoms with Gasteiger partial charge in [-0.1, -0.05) is 18.2 Å². The van der Waals surface area contributed by atoms with Crippen molar-refractivity contribution >= 4 is 27.3 Å². The molecule has 0 spiro atoms. The largest absolute Gasteiger partial charge is 0.430 e. The number of fused-ring (bicyclic) bond motifs is 1. The number of sulfone groups is 1. The summed E-state index contributed by atoms with van der Waals surface area (Å²) in [6, 6.07) is 5.35. The molecule has 4 rings (SSSR count). The third-order valence-corrected chi connectivity index (χ3v) is 8.78. The van der Waals surface area contributed by atoms with Crippen molar-refractivity contribution in [3.63, 3.8) is 0 Å². The highest BCUT2D eigenvalue weighted by Gasteiger charge is 2.71. The fourth-order valence-electron chi connectivity index (χ4n) is 4.60. The van der Waals surface area contributed by atoms with Crippen molar-refractivity contribution in [1.82, 2.24) is 4.90 Å². The fraction of sp³-hybridized carbons (Fsp3) is 0.440. The van der Waals surface area contributed by atoms with Crippen LogP contribution in [0.25, 0.3) is 0 Å². The van der Waals surface area contributed by atoms with Crippen LogP contribution in [0.4, 0.5) is 32.0 Å².